The summed E-state index contributed by atoms with van der Waals surface area (Å²) < 4.78 is 4.78. The van der Waals surface area contributed by atoms with Gasteiger partial charge in [-0.3, -0.25) is 4.99 Å². The van der Waals surface area contributed by atoms with E-state index in [0.29, 0.717) is 12.5 Å². The molecule has 2 rings (SSSR count). The van der Waals surface area contributed by atoms with E-state index < -0.39 is 0 Å². The number of hydrogen-bond acceptors (Lipinski definition) is 3. The molecular weight excluding hydrogens is 403 g/mol. The van der Waals surface area contributed by atoms with E-state index in [4.69, 9.17) is 16.1 Å². The highest BCUT2D eigenvalue weighted by Crippen LogP contribution is 2.17. The Morgan fingerprint density at radius 2 is 2.24 bits per heavy atom. The lowest BCUT2D eigenvalue weighted by atomic mass is 10.1. The minimum Gasteiger partial charge on any atom is -0.364 e. The summed E-state index contributed by atoms with van der Waals surface area (Å²) in [5.74, 6) is 0.695. The summed E-state index contributed by atoms with van der Waals surface area (Å²) in [6.45, 7) is 2.60. The summed E-state index contributed by atoms with van der Waals surface area (Å²) in [6, 6.07) is 9.65. The maximum atomic E-state index is 6.00. The van der Waals surface area contributed by atoms with Gasteiger partial charge in [-0.05, 0) is 24.6 Å². The molecule has 21 heavy (non-hydrogen) atoms. The first-order valence-corrected chi connectivity index (χ1v) is 6.68. The van der Waals surface area contributed by atoms with Crippen LogP contribution in [0, 0.1) is 0 Å². The van der Waals surface area contributed by atoms with Crippen molar-refractivity contribution < 1.29 is 4.52 Å². The zero-order chi connectivity index (χ0) is 14.4. The van der Waals surface area contributed by atoms with E-state index in [0.717, 1.165) is 16.3 Å². The monoisotopic (exact) mass is 420 g/mol. The molecule has 0 saturated heterocycles. The van der Waals surface area contributed by atoms with Gasteiger partial charge in [-0.25, -0.2) is 0 Å². The average Bonchev–Trinajstić information content (AvgIpc) is 2.96. The predicted molar refractivity (Wildman–Crippen MR) is 95.1 cm³/mol. The third kappa shape index (κ3) is 5.55. The van der Waals surface area contributed by atoms with Gasteiger partial charge in [0.15, 0.2) is 5.96 Å². The van der Waals surface area contributed by atoms with Crippen molar-refractivity contribution in [2.24, 2.45) is 4.99 Å². The Bertz CT molecular complexity index is 574. The number of halogens is 2. The first-order chi connectivity index (χ1) is 9.69. The van der Waals surface area contributed by atoms with Crippen molar-refractivity contribution in [2.75, 3.05) is 7.05 Å². The van der Waals surface area contributed by atoms with Crippen LogP contribution in [0.1, 0.15) is 24.2 Å². The number of aliphatic imine (C=N–C) groups is 1. The lowest BCUT2D eigenvalue weighted by molar-refractivity contribution is 0.410. The second-order valence-electron chi connectivity index (χ2n) is 4.34. The number of nitrogens with zero attached hydrogens (tertiary/aromatic N) is 2. The minimum absolute atomic E-state index is 0. The van der Waals surface area contributed by atoms with Crippen molar-refractivity contribution in [1.82, 2.24) is 15.8 Å². The standard InChI is InChI=1S/C14H17ClN4O.HI/c1-10(11-4-3-5-12(15)8-11)18-14(16-2)17-9-13-6-7-20-19-13;/h3-8,10H,9H2,1-2H3,(H2,16,17,18);1H. The van der Waals surface area contributed by atoms with Crippen LogP contribution in [0.5, 0.6) is 0 Å². The van der Waals surface area contributed by atoms with E-state index in [1.807, 2.05) is 24.3 Å². The molecule has 0 fully saturated rings. The molecule has 0 aliphatic carbocycles. The lowest BCUT2D eigenvalue weighted by Gasteiger charge is -2.18. The summed E-state index contributed by atoms with van der Waals surface area (Å²) >= 11 is 6.00. The van der Waals surface area contributed by atoms with Gasteiger partial charge in [-0.1, -0.05) is 28.9 Å². The third-order valence-electron chi connectivity index (χ3n) is 2.85. The second kappa shape index (κ2) is 8.89. The Hall–Kier alpha value is -1.28. The zero-order valence-electron chi connectivity index (χ0n) is 11.8. The van der Waals surface area contributed by atoms with Gasteiger partial charge >= 0.3 is 0 Å². The van der Waals surface area contributed by atoms with Crippen LogP contribution in [0.3, 0.4) is 0 Å². The maximum absolute atomic E-state index is 6.00. The Labute approximate surface area is 146 Å². The first-order valence-electron chi connectivity index (χ1n) is 6.31. The Balaban J connectivity index is 0.00000220. The molecule has 2 aromatic rings. The second-order valence-corrected chi connectivity index (χ2v) is 4.77. The molecule has 0 saturated carbocycles. The van der Waals surface area contributed by atoms with Crippen molar-refractivity contribution in [2.45, 2.75) is 19.5 Å². The van der Waals surface area contributed by atoms with Gasteiger partial charge < -0.3 is 15.2 Å². The number of nitrogens with one attached hydrogen (secondary N) is 2. The van der Waals surface area contributed by atoms with Crippen molar-refractivity contribution in [3.05, 3.63) is 52.9 Å². The lowest BCUT2D eigenvalue weighted by Crippen LogP contribution is -2.38. The normalized spacial score (nSPS) is 12.4. The topological polar surface area (TPSA) is 62.5 Å². The van der Waals surface area contributed by atoms with Gasteiger partial charge in [0.2, 0.25) is 0 Å². The molecule has 1 aromatic carbocycles. The molecule has 1 unspecified atom stereocenters. The molecule has 0 radical (unpaired) electrons. The molecule has 0 bridgehead atoms. The molecule has 5 nitrogen and oxygen atoms in total. The van der Waals surface area contributed by atoms with Crippen LogP contribution >= 0.6 is 35.6 Å². The quantitative estimate of drug-likeness (QED) is 0.452. The van der Waals surface area contributed by atoms with Crippen LogP contribution in [0.15, 0.2) is 46.1 Å². The Morgan fingerprint density at radius 3 is 2.86 bits per heavy atom. The first kappa shape index (κ1) is 17.8. The molecular formula is C14H18ClIN4O. The van der Waals surface area contributed by atoms with Gasteiger partial charge in [0.1, 0.15) is 12.0 Å². The number of benzene rings is 1. The van der Waals surface area contributed by atoms with Gasteiger partial charge in [0.25, 0.3) is 0 Å². The summed E-state index contributed by atoms with van der Waals surface area (Å²) in [4.78, 5) is 4.18. The minimum atomic E-state index is 0. The molecule has 114 valence electrons. The van der Waals surface area contributed by atoms with E-state index in [2.05, 4.69) is 27.7 Å². The van der Waals surface area contributed by atoms with Gasteiger partial charge in [-0.2, -0.15) is 0 Å². The van der Waals surface area contributed by atoms with Crippen molar-refractivity contribution in [3.8, 4) is 0 Å². The summed E-state index contributed by atoms with van der Waals surface area (Å²) in [5.41, 5.74) is 1.92. The van der Waals surface area contributed by atoms with Crippen LogP contribution < -0.4 is 10.6 Å². The summed E-state index contributed by atoms with van der Waals surface area (Å²) in [7, 11) is 1.73. The predicted octanol–water partition coefficient (Wildman–Crippen LogP) is 3.37. The highest BCUT2D eigenvalue weighted by molar-refractivity contribution is 14.0. The molecule has 0 aliphatic rings. The van der Waals surface area contributed by atoms with Crippen molar-refractivity contribution >= 4 is 41.5 Å². The van der Waals surface area contributed by atoms with E-state index in [-0.39, 0.29) is 30.0 Å². The van der Waals surface area contributed by atoms with E-state index in [1.165, 1.54) is 0 Å². The molecule has 0 amide bonds. The van der Waals surface area contributed by atoms with Crippen LogP contribution in [0.4, 0.5) is 0 Å². The van der Waals surface area contributed by atoms with E-state index >= 15 is 0 Å². The average molecular weight is 421 g/mol. The maximum Gasteiger partial charge on any atom is 0.191 e. The van der Waals surface area contributed by atoms with Gasteiger partial charge in [0, 0.05) is 18.1 Å². The number of rotatable bonds is 4. The van der Waals surface area contributed by atoms with E-state index in [9.17, 15) is 0 Å². The van der Waals surface area contributed by atoms with Crippen LogP contribution in [0.25, 0.3) is 0 Å². The fourth-order valence-electron chi connectivity index (χ4n) is 1.76. The fourth-order valence-corrected chi connectivity index (χ4v) is 1.96. The van der Waals surface area contributed by atoms with E-state index in [1.54, 1.807) is 19.4 Å². The van der Waals surface area contributed by atoms with Gasteiger partial charge in [-0.15, -0.1) is 24.0 Å². The van der Waals surface area contributed by atoms with Crippen molar-refractivity contribution in [3.63, 3.8) is 0 Å². The summed E-state index contributed by atoms with van der Waals surface area (Å²) in [6.07, 6.45) is 1.54. The number of aromatic nitrogens is 1. The highest BCUT2D eigenvalue weighted by atomic mass is 127. The highest BCUT2D eigenvalue weighted by Gasteiger charge is 2.08. The number of guanidine groups is 1. The smallest absolute Gasteiger partial charge is 0.191 e. The van der Waals surface area contributed by atoms with Crippen molar-refractivity contribution in [1.29, 1.82) is 0 Å². The zero-order valence-corrected chi connectivity index (χ0v) is 14.9. The van der Waals surface area contributed by atoms with Crippen LogP contribution in [-0.4, -0.2) is 18.2 Å². The summed E-state index contributed by atoms with van der Waals surface area (Å²) in [5, 5.41) is 11.0. The molecule has 2 N–H and O–H groups in total. The third-order valence-corrected chi connectivity index (χ3v) is 3.09. The van der Waals surface area contributed by atoms with Gasteiger partial charge in [0.05, 0.1) is 12.6 Å². The fraction of sp³-hybridized carbons (Fsp3) is 0.286. The number of hydrogen-bond donors (Lipinski definition) is 2. The largest absolute Gasteiger partial charge is 0.364 e. The molecule has 1 atom stereocenters. The van der Waals surface area contributed by atoms with Crippen LogP contribution in [0.2, 0.25) is 5.02 Å². The molecule has 0 aliphatic heterocycles. The molecule has 1 aromatic heterocycles. The van der Waals surface area contributed by atoms with Crippen LogP contribution in [-0.2, 0) is 6.54 Å². The SMILES string of the molecule is CN=C(NCc1ccon1)NC(C)c1cccc(Cl)c1.I. The molecule has 7 heteroatoms. The molecule has 0 spiro atoms. The molecule has 1 heterocycles. The Kier molecular flexibility index (Phi) is 7.52. The Morgan fingerprint density at radius 1 is 1.43 bits per heavy atom.